The summed E-state index contributed by atoms with van der Waals surface area (Å²) in [4.78, 5) is 14.3. The quantitative estimate of drug-likeness (QED) is 0.717. The Hall–Kier alpha value is -1.25. The molecule has 0 aliphatic heterocycles. The Labute approximate surface area is 142 Å². The number of ether oxygens (including phenoxy) is 1. The topological polar surface area (TPSA) is 29.5 Å². The maximum Gasteiger partial charge on any atom is 0.226 e. The Balaban J connectivity index is 2.99. The molecular weight excluding hydrogens is 286 g/mol. The predicted molar refractivity (Wildman–Crippen MR) is 96.8 cm³/mol. The molecule has 0 aromatic carbocycles. The van der Waals surface area contributed by atoms with Crippen LogP contribution in [0.4, 0.5) is 0 Å². The molecule has 0 radical (unpaired) electrons. The van der Waals surface area contributed by atoms with E-state index in [1.165, 1.54) is 5.57 Å². The number of hydrogen-bond donors (Lipinski definition) is 0. The van der Waals surface area contributed by atoms with Crippen molar-refractivity contribution in [2.75, 3.05) is 14.2 Å². The number of allylic oxidation sites excluding steroid dienone is 3. The standard InChI is InChI=1S/C20H35NO2/c1-14-12-15(13-16(23-9)18(14)20(5,6)7)21(8)17(22)10-11-19(2,3)4/h13-14H,10-12H2,1-9H3. The van der Waals surface area contributed by atoms with Gasteiger partial charge in [0.2, 0.25) is 5.91 Å². The Bertz CT molecular complexity index is 501. The summed E-state index contributed by atoms with van der Waals surface area (Å²) in [6.07, 6.45) is 4.43. The number of carbonyl (C=O) groups excluding carboxylic acids is 1. The first kappa shape index (κ1) is 19.8. The number of carbonyl (C=O) groups is 1. The van der Waals surface area contributed by atoms with Gasteiger partial charge in [-0.25, -0.2) is 0 Å². The number of amides is 1. The molecule has 0 saturated carbocycles. The van der Waals surface area contributed by atoms with Gasteiger partial charge in [-0.1, -0.05) is 48.5 Å². The molecule has 1 atom stereocenters. The Morgan fingerprint density at radius 1 is 1.26 bits per heavy atom. The summed E-state index contributed by atoms with van der Waals surface area (Å²) in [5, 5.41) is 0. The first-order valence-electron chi connectivity index (χ1n) is 8.62. The molecule has 0 N–H and O–H groups in total. The van der Waals surface area contributed by atoms with Crippen molar-refractivity contribution < 1.29 is 9.53 Å². The summed E-state index contributed by atoms with van der Waals surface area (Å²) in [7, 11) is 3.60. The van der Waals surface area contributed by atoms with Gasteiger partial charge in [0.15, 0.2) is 0 Å². The molecule has 0 spiro atoms. The van der Waals surface area contributed by atoms with E-state index in [0.29, 0.717) is 12.3 Å². The van der Waals surface area contributed by atoms with E-state index in [4.69, 9.17) is 4.74 Å². The van der Waals surface area contributed by atoms with Gasteiger partial charge in [-0.3, -0.25) is 4.79 Å². The lowest BCUT2D eigenvalue weighted by atomic mass is 9.74. The van der Waals surface area contributed by atoms with Crippen LogP contribution in [0.1, 0.15) is 67.7 Å². The third-order valence-electron chi connectivity index (χ3n) is 4.49. The molecule has 1 unspecified atom stereocenters. The summed E-state index contributed by atoms with van der Waals surface area (Å²) in [6.45, 7) is 15.4. The molecule has 0 fully saturated rings. The summed E-state index contributed by atoms with van der Waals surface area (Å²) in [5.41, 5.74) is 2.64. The van der Waals surface area contributed by atoms with Crippen molar-refractivity contribution in [1.82, 2.24) is 4.90 Å². The molecule has 1 rings (SSSR count). The SMILES string of the molecule is COC1=C(C(C)(C)C)C(C)CC(N(C)C(=O)CCC(C)(C)C)=C1. The van der Waals surface area contributed by atoms with E-state index in [1.807, 2.05) is 11.9 Å². The summed E-state index contributed by atoms with van der Waals surface area (Å²) in [6, 6.07) is 0. The molecule has 132 valence electrons. The van der Waals surface area contributed by atoms with E-state index in [0.717, 1.165) is 24.3 Å². The van der Waals surface area contributed by atoms with Gasteiger partial charge in [-0.15, -0.1) is 0 Å². The Morgan fingerprint density at radius 3 is 2.26 bits per heavy atom. The van der Waals surface area contributed by atoms with E-state index >= 15 is 0 Å². The fourth-order valence-electron chi connectivity index (χ4n) is 3.27. The van der Waals surface area contributed by atoms with Crippen LogP contribution in [0.3, 0.4) is 0 Å². The Kier molecular flexibility index (Phi) is 6.12. The third-order valence-corrected chi connectivity index (χ3v) is 4.49. The molecule has 0 saturated heterocycles. The highest BCUT2D eigenvalue weighted by Gasteiger charge is 2.32. The van der Waals surface area contributed by atoms with Crippen molar-refractivity contribution in [1.29, 1.82) is 0 Å². The van der Waals surface area contributed by atoms with Crippen LogP contribution in [0.2, 0.25) is 0 Å². The molecule has 3 nitrogen and oxygen atoms in total. The zero-order valence-corrected chi connectivity index (χ0v) is 16.5. The summed E-state index contributed by atoms with van der Waals surface area (Å²) < 4.78 is 5.64. The lowest BCUT2D eigenvalue weighted by Gasteiger charge is -2.35. The zero-order chi connectivity index (χ0) is 18.0. The van der Waals surface area contributed by atoms with Crippen LogP contribution in [-0.2, 0) is 9.53 Å². The molecule has 0 heterocycles. The number of methoxy groups -OCH3 is 1. The second-order valence-corrected chi connectivity index (χ2v) is 8.99. The van der Waals surface area contributed by atoms with Gasteiger partial charge in [0.1, 0.15) is 5.76 Å². The molecule has 0 bridgehead atoms. The minimum absolute atomic E-state index is 0.0710. The number of hydrogen-bond acceptors (Lipinski definition) is 2. The van der Waals surface area contributed by atoms with Crippen LogP contribution in [0, 0.1) is 16.7 Å². The van der Waals surface area contributed by atoms with E-state index in [2.05, 4.69) is 54.5 Å². The highest BCUT2D eigenvalue weighted by atomic mass is 16.5. The highest BCUT2D eigenvalue weighted by molar-refractivity contribution is 5.78. The second kappa shape index (κ2) is 7.11. The smallest absolute Gasteiger partial charge is 0.226 e. The predicted octanol–water partition coefficient (Wildman–Crippen LogP) is 5.14. The van der Waals surface area contributed by atoms with Gasteiger partial charge in [-0.2, -0.15) is 0 Å². The van der Waals surface area contributed by atoms with Crippen LogP contribution >= 0.6 is 0 Å². The van der Waals surface area contributed by atoms with Gasteiger partial charge >= 0.3 is 0 Å². The first-order chi connectivity index (χ1) is 10.4. The van der Waals surface area contributed by atoms with Crippen LogP contribution in [0.15, 0.2) is 23.1 Å². The first-order valence-corrected chi connectivity index (χ1v) is 8.62. The normalized spacial score (nSPS) is 19.5. The van der Waals surface area contributed by atoms with Gasteiger partial charge in [0, 0.05) is 19.2 Å². The summed E-state index contributed by atoms with van der Waals surface area (Å²) in [5.74, 6) is 1.48. The Morgan fingerprint density at radius 2 is 1.83 bits per heavy atom. The van der Waals surface area contributed by atoms with Crippen molar-refractivity contribution in [2.45, 2.75) is 67.7 Å². The van der Waals surface area contributed by atoms with Crippen LogP contribution in [0.5, 0.6) is 0 Å². The number of rotatable bonds is 4. The van der Waals surface area contributed by atoms with Gasteiger partial charge in [-0.05, 0) is 41.2 Å². The van der Waals surface area contributed by atoms with Gasteiger partial charge < -0.3 is 9.64 Å². The van der Waals surface area contributed by atoms with E-state index < -0.39 is 0 Å². The summed E-state index contributed by atoms with van der Waals surface area (Å²) >= 11 is 0. The molecular formula is C20H35NO2. The van der Waals surface area contributed by atoms with Crippen molar-refractivity contribution in [2.24, 2.45) is 16.7 Å². The monoisotopic (exact) mass is 321 g/mol. The lowest BCUT2D eigenvalue weighted by Crippen LogP contribution is -2.31. The van der Waals surface area contributed by atoms with E-state index in [-0.39, 0.29) is 16.7 Å². The van der Waals surface area contributed by atoms with Crippen molar-refractivity contribution in [3.8, 4) is 0 Å². The molecule has 0 aromatic heterocycles. The van der Waals surface area contributed by atoms with Crippen molar-refractivity contribution in [3.63, 3.8) is 0 Å². The minimum atomic E-state index is 0.0710. The second-order valence-electron chi connectivity index (χ2n) is 8.99. The number of nitrogens with zero attached hydrogens (tertiary/aromatic N) is 1. The molecule has 1 aliphatic carbocycles. The van der Waals surface area contributed by atoms with Gasteiger partial charge in [0.05, 0.1) is 7.11 Å². The van der Waals surface area contributed by atoms with Crippen LogP contribution in [0.25, 0.3) is 0 Å². The maximum absolute atomic E-state index is 12.5. The van der Waals surface area contributed by atoms with Crippen molar-refractivity contribution in [3.05, 3.63) is 23.1 Å². The third kappa shape index (κ3) is 5.40. The average molecular weight is 322 g/mol. The van der Waals surface area contributed by atoms with E-state index in [1.54, 1.807) is 7.11 Å². The fourth-order valence-corrected chi connectivity index (χ4v) is 3.27. The van der Waals surface area contributed by atoms with Crippen molar-refractivity contribution >= 4 is 5.91 Å². The minimum Gasteiger partial charge on any atom is -0.497 e. The molecule has 3 heteroatoms. The van der Waals surface area contributed by atoms with Crippen LogP contribution < -0.4 is 0 Å². The average Bonchev–Trinajstić information content (AvgIpc) is 2.40. The lowest BCUT2D eigenvalue weighted by molar-refractivity contribution is -0.128. The fraction of sp³-hybridized carbons (Fsp3) is 0.750. The molecule has 1 aliphatic rings. The molecule has 1 amide bonds. The largest absolute Gasteiger partial charge is 0.497 e. The zero-order valence-electron chi connectivity index (χ0n) is 16.5. The maximum atomic E-state index is 12.5. The molecule has 23 heavy (non-hydrogen) atoms. The van der Waals surface area contributed by atoms with Crippen LogP contribution in [-0.4, -0.2) is 25.0 Å². The van der Waals surface area contributed by atoms with Gasteiger partial charge in [0.25, 0.3) is 0 Å². The van der Waals surface area contributed by atoms with E-state index in [9.17, 15) is 4.79 Å². The molecule has 0 aromatic rings. The highest BCUT2D eigenvalue weighted by Crippen LogP contribution is 2.41.